The van der Waals surface area contributed by atoms with Crippen molar-refractivity contribution in [2.75, 3.05) is 25.1 Å². The first-order valence-electron chi connectivity index (χ1n) is 5.39. The monoisotopic (exact) mass is 265 g/mol. The zero-order valence-electron chi connectivity index (χ0n) is 9.69. The first-order chi connectivity index (χ1) is 7.51. The number of sulfonamides is 1. The van der Waals surface area contributed by atoms with Crippen LogP contribution in [0.3, 0.4) is 0 Å². The highest BCUT2D eigenvalue weighted by Crippen LogP contribution is 2.15. The van der Waals surface area contributed by atoms with Crippen LogP contribution in [0.2, 0.25) is 0 Å². The number of nitrogens with one attached hydrogen (secondary N) is 2. The normalized spacial score (nSPS) is 23.6. The number of hydrogen-bond donors (Lipinski definition) is 2. The van der Waals surface area contributed by atoms with Gasteiger partial charge < -0.3 is 5.32 Å². The van der Waals surface area contributed by atoms with Crippen molar-refractivity contribution < 1.29 is 8.42 Å². The Morgan fingerprint density at radius 2 is 2.38 bits per heavy atom. The summed E-state index contributed by atoms with van der Waals surface area (Å²) in [6.45, 7) is 3.27. The molecular weight excluding hydrogens is 246 g/mol. The average molecular weight is 265 g/mol. The Balaban J connectivity index is 2.13. The maximum absolute atomic E-state index is 10.8. The lowest BCUT2D eigenvalue weighted by atomic mass is 10.3. The lowest BCUT2D eigenvalue weighted by Gasteiger charge is -2.04. The molecule has 1 fully saturated rings. The summed E-state index contributed by atoms with van der Waals surface area (Å²) in [5.41, 5.74) is 0. The van der Waals surface area contributed by atoms with Gasteiger partial charge in [-0.05, 0) is 12.8 Å². The van der Waals surface area contributed by atoms with Crippen LogP contribution in [0.5, 0.6) is 0 Å². The standard InChI is InChI=1S/C9H19N3O2S2/c1-3-8-7-15-9(12-8)10-5-4-6-11-16(2,13)14/h8,11H,3-7H2,1-2H3,(H,10,12). The molecule has 1 heterocycles. The average Bonchev–Trinajstić information content (AvgIpc) is 2.63. The predicted octanol–water partition coefficient (Wildman–Crippen LogP) is 0.397. The molecule has 0 spiro atoms. The van der Waals surface area contributed by atoms with Gasteiger partial charge in [-0.1, -0.05) is 18.7 Å². The molecular formula is C9H19N3O2S2. The molecule has 5 nitrogen and oxygen atoms in total. The molecule has 0 amide bonds. The van der Waals surface area contributed by atoms with E-state index in [1.54, 1.807) is 11.8 Å². The number of hydrogen-bond acceptors (Lipinski definition) is 4. The Morgan fingerprint density at radius 3 is 2.94 bits per heavy atom. The summed E-state index contributed by atoms with van der Waals surface area (Å²) in [5, 5.41) is 4.31. The molecule has 0 aliphatic carbocycles. The summed E-state index contributed by atoms with van der Waals surface area (Å²) in [7, 11) is -3.06. The molecule has 1 rings (SSSR count). The number of aliphatic imine (C=N–C) groups is 1. The van der Waals surface area contributed by atoms with E-state index in [0.717, 1.165) is 23.8 Å². The summed E-state index contributed by atoms with van der Waals surface area (Å²) < 4.78 is 24.0. The molecule has 1 aliphatic rings. The van der Waals surface area contributed by atoms with E-state index in [9.17, 15) is 8.42 Å². The van der Waals surface area contributed by atoms with E-state index in [-0.39, 0.29) is 0 Å². The van der Waals surface area contributed by atoms with E-state index >= 15 is 0 Å². The van der Waals surface area contributed by atoms with E-state index in [2.05, 4.69) is 22.0 Å². The quantitative estimate of drug-likeness (QED) is 0.682. The molecule has 94 valence electrons. The van der Waals surface area contributed by atoms with Gasteiger partial charge in [-0.25, -0.2) is 13.1 Å². The summed E-state index contributed by atoms with van der Waals surface area (Å²) in [6, 6.07) is 0.540. The van der Waals surface area contributed by atoms with Crippen molar-refractivity contribution in [2.24, 2.45) is 4.99 Å². The lowest BCUT2D eigenvalue weighted by molar-refractivity contribution is 0.586. The first-order valence-corrected chi connectivity index (χ1v) is 8.27. The Bertz CT molecular complexity index is 341. The zero-order chi connectivity index (χ0) is 12.0. The van der Waals surface area contributed by atoms with Crippen molar-refractivity contribution in [3.05, 3.63) is 0 Å². The molecule has 7 heteroatoms. The van der Waals surface area contributed by atoms with Gasteiger partial charge in [0, 0.05) is 24.9 Å². The highest BCUT2D eigenvalue weighted by Gasteiger charge is 2.17. The number of rotatable bonds is 6. The molecule has 1 unspecified atom stereocenters. The highest BCUT2D eigenvalue weighted by atomic mass is 32.2. The van der Waals surface area contributed by atoms with Crippen LogP contribution in [-0.4, -0.2) is 44.7 Å². The Kier molecular flexibility index (Phi) is 5.57. The number of thioether (sulfide) groups is 1. The fourth-order valence-electron chi connectivity index (χ4n) is 1.27. The topological polar surface area (TPSA) is 70.6 Å². The van der Waals surface area contributed by atoms with Gasteiger partial charge in [0.2, 0.25) is 10.0 Å². The third-order valence-corrected chi connectivity index (χ3v) is 4.01. The fourth-order valence-corrected chi connectivity index (χ4v) is 2.89. The van der Waals surface area contributed by atoms with Crippen molar-refractivity contribution in [2.45, 2.75) is 25.8 Å². The van der Waals surface area contributed by atoms with Gasteiger partial charge in [-0.15, -0.1) is 0 Å². The smallest absolute Gasteiger partial charge is 0.208 e. The minimum Gasteiger partial charge on any atom is -0.361 e. The fraction of sp³-hybridized carbons (Fsp3) is 0.889. The van der Waals surface area contributed by atoms with Crippen LogP contribution in [0.15, 0.2) is 4.99 Å². The summed E-state index contributed by atoms with van der Waals surface area (Å²) >= 11 is 1.74. The van der Waals surface area contributed by atoms with Crippen molar-refractivity contribution in [1.29, 1.82) is 0 Å². The van der Waals surface area contributed by atoms with E-state index in [1.165, 1.54) is 6.26 Å². The largest absolute Gasteiger partial charge is 0.361 e. The van der Waals surface area contributed by atoms with Gasteiger partial charge in [0.25, 0.3) is 0 Å². The Morgan fingerprint density at radius 1 is 1.62 bits per heavy atom. The second-order valence-electron chi connectivity index (χ2n) is 3.77. The number of nitrogens with zero attached hydrogens (tertiary/aromatic N) is 1. The third-order valence-electron chi connectivity index (χ3n) is 2.20. The van der Waals surface area contributed by atoms with Crippen LogP contribution in [0.1, 0.15) is 19.8 Å². The molecule has 0 radical (unpaired) electrons. The first kappa shape index (κ1) is 13.8. The second-order valence-corrected chi connectivity index (χ2v) is 6.61. The van der Waals surface area contributed by atoms with Crippen LogP contribution in [0.25, 0.3) is 0 Å². The van der Waals surface area contributed by atoms with Gasteiger partial charge >= 0.3 is 0 Å². The van der Waals surface area contributed by atoms with Crippen molar-refractivity contribution in [3.8, 4) is 0 Å². The Labute approximate surface area is 102 Å². The van der Waals surface area contributed by atoms with Gasteiger partial charge in [-0.3, -0.25) is 4.99 Å². The molecule has 1 aliphatic heterocycles. The van der Waals surface area contributed by atoms with Crippen molar-refractivity contribution in [3.63, 3.8) is 0 Å². The number of amidine groups is 1. The second kappa shape index (κ2) is 6.46. The predicted molar refractivity (Wildman–Crippen MR) is 69.4 cm³/mol. The minimum absolute atomic E-state index is 0.456. The van der Waals surface area contributed by atoms with Crippen LogP contribution in [0, 0.1) is 0 Å². The maximum Gasteiger partial charge on any atom is 0.208 e. The molecule has 0 aromatic carbocycles. The van der Waals surface area contributed by atoms with Gasteiger partial charge in [0.05, 0.1) is 6.26 Å². The molecule has 1 atom stereocenters. The maximum atomic E-state index is 10.8. The third kappa shape index (κ3) is 5.72. The molecule has 1 saturated heterocycles. The minimum atomic E-state index is -3.06. The van der Waals surface area contributed by atoms with Crippen LogP contribution >= 0.6 is 11.8 Å². The van der Waals surface area contributed by atoms with Crippen LogP contribution in [0.4, 0.5) is 0 Å². The van der Waals surface area contributed by atoms with Crippen LogP contribution in [-0.2, 0) is 10.0 Å². The summed E-state index contributed by atoms with van der Waals surface area (Å²) in [4.78, 5) is 4.37. The van der Waals surface area contributed by atoms with E-state index < -0.39 is 10.0 Å². The molecule has 0 bridgehead atoms. The van der Waals surface area contributed by atoms with Gasteiger partial charge in [0.1, 0.15) is 0 Å². The Hall–Kier alpha value is -0.270. The van der Waals surface area contributed by atoms with Gasteiger partial charge in [-0.2, -0.15) is 0 Å². The molecule has 0 saturated carbocycles. The van der Waals surface area contributed by atoms with Crippen molar-refractivity contribution in [1.82, 2.24) is 10.0 Å². The zero-order valence-corrected chi connectivity index (χ0v) is 11.3. The molecule has 0 aromatic heterocycles. The van der Waals surface area contributed by atoms with Crippen LogP contribution < -0.4 is 10.0 Å². The van der Waals surface area contributed by atoms with Crippen molar-refractivity contribution >= 4 is 27.0 Å². The van der Waals surface area contributed by atoms with E-state index in [1.807, 2.05) is 0 Å². The summed E-state index contributed by atoms with van der Waals surface area (Å²) in [5.74, 6) is 1.08. The van der Waals surface area contributed by atoms with Gasteiger partial charge in [0.15, 0.2) is 5.17 Å². The lowest BCUT2D eigenvalue weighted by Crippen LogP contribution is -2.26. The SMILES string of the molecule is CCC1CSC(=NCCCNS(C)(=O)=O)N1. The highest BCUT2D eigenvalue weighted by molar-refractivity contribution is 8.14. The molecule has 2 N–H and O–H groups in total. The van der Waals surface area contributed by atoms with E-state index in [0.29, 0.717) is 19.1 Å². The van der Waals surface area contributed by atoms with E-state index in [4.69, 9.17) is 0 Å². The molecule has 16 heavy (non-hydrogen) atoms. The summed E-state index contributed by atoms with van der Waals surface area (Å²) in [6.07, 6.45) is 3.01. The molecule has 0 aromatic rings.